The Labute approximate surface area is 255 Å². The maximum absolute atomic E-state index is 11.9. The Morgan fingerprint density at radius 2 is 1.09 bits per heavy atom. The first-order valence-electron chi connectivity index (χ1n) is 13.5. The highest BCUT2D eigenvalue weighted by Crippen LogP contribution is 2.35. The molecule has 0 aromatic heterocycles. The highest BCUT2D eigenvalue weighted by molar-refractivity contribution is 5.88. The minimum absolute atomic E-state index is 0.421. The average molecular weight is 614 g/mol. The monoisotopic (exact) mass is 613 g/mol. The molecule has 44 heavy (non-hydrogen) atoms. The van der Waals surface area contributed by atoms with E-state index in [2.05, 4.69) is 4.90 Å². The number of rotatable bonds is 15. The predicted octanol–water partition coefficient (Wildman–Crippen LogP) is 2.87. The van der Waals surface area contributed by atoms with Crippen LogP contribution in [0.1, 0.15) is 29.5 Å². The van der Waals surface area contributed by atoms with Gasteiger partial charge in [0.2, 0.25) is 0 Å². The van der Waals surface area contributed by atoms with Gasteiger partial charge < -0.3 is 44.6 Å². The number of methoxy groups -OCH3 is 2. The third-order valence-electron chi connectivity index (χ3n) is 6.61. The van der Waals surface area contributed by atoms with E-state index >= 15 is 0 Å². The highest BCUT2D eigenvalue weighted by atomic mass is 16.5. The lowest BCUT2D eigenvalue weighted by molar-refractivity contribution is -0.170. The van der Waals surface area contributed by atoms with Crippen molar-refractivity contribution in [2.75, 3.05) is 41.5 Å². The Balaban J connectivity index is 0.000000439. The fourth-order valence-electron chi connectivity index (χ4n) is 4.16. The van der Waals surface area contributed by atoms with Gasteiger partial charge >= 0.3 is 17.9 Å². The molecule has 3 rings (SSSR count). The van der Waals surface area contributed by atoms with Gasteiger partial charge in [-0.25, -0.2) is 4.79 Å². The van der Waals surface area contributed by atoms with E-state index in [1.165, 1.54) is 0 Å². The number of likely N-dealkylation sites (N-methyl/N-ethyl adjacent to an activating group) is 1. The summed E-state index contributed by atoms with van der Waals surface area (Å²) in [4.78, 5) is 32.6. The number of carboxylic acid groups (broad SMARTS) is 3. The molecule has 3 aromatic rings. The first-order valence-corrected chi connectivity index (χ1v) is 13.5. The quantitative estimate of drug-likeness (QED) is 0.169. The molecular weight excluding hydrogens is 574 g/mol. The molecule has 5 N–H and O–H groups in total. The van der Waals surface area contributed by atoms with E-state index in [1.54, 1.807) is 14.2 Å². The maximum atomic E-state index is 11.9. The van der Waals surface area contributed by atoms with Gasteiger partial charge in [-0.2, -0.15) is 0 Å². The van der Waals surface area contributed by atoms with Crippen LogP contribution in [0.4, 0.5) is 0 Å². The van der Waals surface area contributed by atoms with Crippen molar-refractivity contribution in [3.63, 3.8) is 0 Å². The molecule has 0 spiro atoms. The van der Waals surface area contributed by atoms with Crippen molar-refractivity contribution in [2.24, 2.45) is 0 Å². The van der Waals surface area contributed by atoms with E-state index in [0.717, 1.165) is 40.5 Å². The molecule has 238 valence electrons. The number of benzene rings is 3. The van der Waals surface area contributed by atoms with Crippen LogP contribution in [-0.2, 0) is 26.4 Å². The number of ether oxygens (including phenoxy) is 3. The van der Waals surface area contributed by atoms with Crippen LogP contribution in [0.15, 0.2) is 72.8 Å². The lowest BCUT2D eigenvalue weighted by atomic mass is 9.81. The van der Waals surface area contributed by atoms with E-state index in [4.69, 9.17) is 34.6 Å². The summed E-state index contributed by atoms with van der Waals surface area (Å²) < 4.78 is 16.4. The molecule has 12 heteroatoms. The standard InChI is InChI=1S/C26H31NO4.C6H8O7/c1-27(2)17-18-31-25-15-9-22(10-16-25)26(28,21-7-13-24(30-4)14-8-21)19-20-5-11-23(29-3)12-6-20;7-3(8)1-6(13,5(11)12)2-4(9)10/h5-16,28H,17-19H2,1-4H3;13H,1-2H2,(H,7,8)(H,9,10)(H,11,12). The molecule has 12 nitrogen and oxygen atoms in total. The summed E-state index contributed by atoms with van der Waals surface area (Å²) in [6.45, 7) is 1.45. The van der Waals surface area contributed by atoms with E-state index in [-0.39, 0.29) is 0 Å². The van der Waals surface area contributed by atoms with Gasteiger partial charge in [0.05, 0.1) is 27.1 Å². The number of nitrogens with zero attached hydrogens (tertiary/aromatic N) is 1. The molecule has 0 aliphatic heterocycles. The van der Waals surface area contributed by atoms with Crippen LogP contribution in [0.25, 0.3) is 0 Å². The second kappa shape index (κ2) is 16.3. The molecule has 0 aliphatic rings. The molecule has 0 heterocycles. The van der Waals surface area contributed by atoms with Gasteiger partial charge in [0.25, 0.3) is 0 Å². The zero-order chi connectivity index (χ0) is 32.9. The molecule has 0 saturated heterocycles. The van der Waals surface area contributed by atoms with Crippen LogP contribution in [0.5, 0.6) is 17.2 Å². The largest absolute Gasteiger partial charge is 0.497 e. The number of aliphatic carboxylic acids is 3. The Hall–Kier alpha value is -4.65. The lowest BCUT2D eigenvalue weighted by Crippen LogP contribution is -2.42. The third kappa shape index (κ3) is 10.6. The molecular formula is C32H39NO11. The summed E-state index contributed by atoms with van der Waals surface area (Å²) in [5, 5.41) is 45.7. The maximum Gasteiger partial charge on any atom is 0.336 e. The zero-order valence-corrected chi connectivity index (χ0v) is 25.1. The molecule has 1 atom stereocenters. The van der Waals surface area contributed by atoms with Crippen molar-refractivity contribution in [1.29, 1.82) is 0 Å². The van der Waals surface area contributed by atoms with Gasteiger partial charge in [0.1, 0.15) is 29.5 Å². The fourth-order valence-corrected chi connectivity index (χ4v) is 4.16. The third-order valence-corrected chi connectivity index (χ3v) is 6.61. The summed E-state index contributed by atoms with van der Waals surface area (Å²) in [7, 11) is 7.31. The second-order valence-electron chi connectivity index (χ2n) is 10.3. The zero-order valence-electron chi connectivity index (χ0n) is 25.1. The smallest absolute Gasteiger partial charge is 0.336 e. The second-order valence-corrected chi connectivity index (χ2v) is 10.3. The normalized spacial score (nSPS) is 12.3. The topological polar surface area (TPSA) is 183 Å². The summed E-state index contributed by atoms with van der Waals surface area (Å²) in [6, 6.07) is 23.0. The first kappa shape index (κ1) is 35.5. The first-order chi connectivity index (χ1) is 20.7. The Morgan fingerprint density at radius 3 is 1.45 bits per heavy atom. The van der Waals surface area contributed by atoms with Crippen molar-refractivity contribution in [3.8, 4) is 17.2 Å². The molecule has 0 radical (unpaired) electrons. The lowest BCUT2D eigenvalue weighted by Gasteiger charge is -2.30. The van der Waals surface area contributed by atoms with E-state index < -0.39 is 42.0 Å². The van der Waals surface area contributed by atoms with Crippen LogP contribution < -0.4 is 14.2 Å². The summed E-state index contributed by atoms with van der Waals surface area (Å²) in [6.07, 6.45) is -1.87. The van der Waals surface area contributed by atoms with Crippen molar-refractivity contribution in [3.05, 3.63) is 89.5 Å². The Kier molecular flexibility index (Phi) is 13.1. The van der Waals surface area contributed by atoms with Gasteiger partial charge in [-0.15, -0.1) is 0 Å². The van der Waals surface area contributed by atoms with Gasteiger partial charge in [0.15, 0.2) is 5.60 Å². The average Bonchev–Trinajstić information content (AvgIpc) is 2.97. The van der Waals surface area contributed by atoms with Gasteiger partial charge in [-0.1, -0.05) is 36.4 Å². The van der Waals surface area contributed by atoms with Crippen LogP contribution in [0, 0.1) is 0 Å². The molecule has 3 aromatic carbocycles. The van der Waals surface area contributed by atoms with Gasteiger partial charge in [-0.05, 0) is 67.2 Å². The minimum Gasteiger partial charge on any atom is -0.497 e. The summed E-state index contributed by atoms with van der Waals surface area (Å²) in [5.74, 6) is -2.70. The summed E-state index contributed by atoms with van der Waals surface area (Å²) >= 11 is 0. The molecule has 1 unspecified atom stereocenters. The fraction of sp³-hybridized carbons (Fsp3) is 0.344. The number of hydrogen-bond donors (Lipinski definition) is 5. The number of carbonyl (C=O) groups is 3. The molecule has 0 bridgehead atoms. The van der Waals surface area contributed by atoms with Crippen molar-refractivity contribution >= 4 is 17.9 Å². The van der Waals surface area contributed by atoms with Gasteiger partial charge in [0, 0.05) is 13.0 Å². The summed E-state index contributed by atoms with van der Waals surface area (Å²) in [5.41, 5.74) is -1.34. The predicted molar refractivity (Wildman–Crippen MR) is 160 cm³/mol. The van der Waals surface area contributed by atoms with E-state index in [9.17, 15) is 19.5 Å². The minimum atomic E-state index is -2.74. The molecule has 0 amide bonds. The van der Waals surface area contributed by atoms with Crippen molar-refractivity contribution in [2.45, 2.75) is 30.5 Å². The van der Waals surface area contributed by atoms with Crippen LogP contribution >= 0.6 is 0 Å². The van der Waals surface area contributed by atoms with E-state index in [0.29, 0.717) is 13.0 Å². The van der Waals surface area contributed by atoms with Crippen LogP contribution in [0.2, 0.25) is 0 Å². The van der Waals surface area contributed by atoms with Crippen molar-refractivity contribution in [1.82, 2.24) is 4.90 Å². The van der Waals surface area contributed by atoms with E-state index in [1.807, 2.05) is 86.9 Å². The Bertz CT molecular complexity index is 1340. The number of aliphatic hydroxyl groups is 2. The number of carboxylic acids is 3. The molecule has 0 fully saturated rings. The Morgan fingerprint density at radius 1 is 0.682 bits per heavy atom. The molecule has 0 saturated carbocycles. The van der Waals surface area contributed by atoms with Crippen molar-refractivity contribution < 1.29 is 54.1 Å². The molecule has 0 aliphatic carbocycles. The SMILES string of the molecule is COc1ccc(CC(O)(c2ccc(OC)cc2)c2ccc(OCCN(C)C)cc2)cc1.O=C(O)CC(O)(CC(=O)O)C(=O)O. The van der Waals surface area contributed by atoms with Crippen LogP contribution in [-0.4, -0.2) is 95.4 Å². The highest BCUT2D eigenvalue weighted by Gasteiger charge is 2.40. The van der Waals surface area contributed by atoms with Gasteiger partial charge in [-0.3, -0.25) is 9.59 Å². The van der Waals surface area contributed by atoms with Crippen LogP contribution in [0.3, 0.4) is 0 Å². The number of hydrogen-bond acceptors (Lipinski definition) is 9.